The number of nitrogens with zero attached hydrogens (tertiary/aromatic N) is 4. The lowest BCUT2D eigenvalue weighted by Crippen LogP contribution is -2.39. The van der Waals surface area contributed by atoms with E-state index in [2.05, 4.69) is 10.1 Å². The van der Waals surface area contributed by atoms with Crippen LogP contribution in [-0.2, 0) is 4.74 Å². The van der Waals surface area contributed by atoms with Crippen LogP contribution in [0.4, 0.5) is 4.79 Å². The smallest absolute Gasteiger partial charge is 0.410 e. The SMILES string of the molecule is CC(C)(C)OC(=O)N1CC=C(c2nn3ccnc3s2)CC1. The molecule has 1 amide bonds. The molecular weight excluding hydrogens is 288 g/mol. The van der Waals surface area contributed by atoms with Gasteiger partial charge in [0, 0.05) is 19.3 Å². The topological polar surface area (TPSA) is 59.7 Å². The Bertz CT molecular complexity index is 667. The molecule has 0 fully saturated rings. The van der Waals surface area contributed by atoms with Gasteiger partial charge in [-0.2, -0.15) is 5.10 Å². The standard InChI is InChI=1S/C14H18N4O2S/c1-14(2,3)20-13(19)17-7-4-10(5-8-17)11-16-18-9-6-15-12(18)21-11/h4,6,9H,5,7-8H2,1-3H3. The van der Waals surface area contributed by atoms with E-state index in [1.54, 1.807) is 26.9 Å². The molecule has 0 saturated carbocycles. The van der Waals surface area contributed by atoms with E-state index in [9.17, 15) is 4.79 Å². The molecule has 0 spiro atoms. The number of carbonyl (C=O) groups excluding carboxylic acids is 1. The van der Waals surface area contributed by atoms with Crippen molar-refractivity contribution in [2.24, 2.45) is 0 Å². The van der Waals surface area contributed by atoms with Crippen LogP contribution in [0.2, 0.25) is 0 Å². The fourth-order valence-corrected chi connectivity index (χ4v) is 3.05. The van der Waals surface area contributed by atoms with Crippen LogP contribution < -0.4 is 0 Å². The van der Waals surface area contributed by atoms with Gasteiger partial charge in [-0.1, -0.05) is 17.4 Å². The molecule has 0 saturated heterocycles. The van der Waals surface area contributed by atoms with Gasteiger partial charge in [0.2, 0.25) is 4.96 Å². The van der Waals surface area contributed by atoms with Crippen LogP contribution in [0.5, 0.6) is 0 Å². The number of hydrogen-bond acceptors (Lipinski definition) is 5. The number of rotatable bonds is 1. The van der Waals surface area contributed by atoms with Crippen molar-refractivity contribution in [1.29, 1.82) is 0 Å². The first-order valence-electron chi connectivity index (χ1n) is 6.90. The van der Waals surface area contributed by atoms with Gasteiger partial charge in [0.05, 0.1) is 6.20 Å². The Morgan fingerprint density at radius 1 is 1.43 bits per heavy atom. The maximum absolute atomic E-state index is 12.0. The number of aromatic nitrogens is 3. The Balaban J connectivity index is 1.69. The van der Waals surface area contributed by atoms with Crippen LogP contribution >= 0.6 is 11.3 Å². The zero-order chi connectivity index (χ0) is 15.0. The third-order valence-corrected chi connectivity index (χ3v) is 4.12. The lowest BCUT2D eigenvalue weighted by atomic mass is 10.1. The summed E-state index contributed by atoms with van der Waals surface area (Å²) in [6, 6.07) is 0. The molecule has 3 heterocycles. The van der Waals surface area contributed by atoms with Crippen molar-refractivity contribution in [1.82, 2.24) is 19.5 Å². The molecule has 1 aliphatic heterocycles. The van der Waals surface area contributed by atoms with Gasteiger partial charge in [-0.25, -0.2) is 14.3 Å². The van der Waals surface area contributed by atoms with Crippen molar-refractivity contribution in [2.45, 2.75) is 32.8 Å². The van der Waals surface area contributed by atoms with Crippen molar-refractivity contribution in [3.05, 3.63) is 23.5 Å². The first kappa shape index (κ1) is 14.1. The minimum absolute atomic E-state index is 0.258. The summed E-state index contributed by atoms with van der Waals surface area (Å²) in [6.07, 6.45) is 6.15. The van der Waals surface area contributed by atoms with Crippen LogP contribution in [0, 0.1) is 0 Å². The van der Waals surface area contributed by atoms with Crippen molar-refractivity contribution in [3.8, 4) is 0 Å². The quantitative estimate of drug-likeness (QED) is 0.813. The van der Waals surface area contributed by atoms with Crippen LogP contribution in [0.25, 0.3) is 10.5 Å². The molecule has 3 rings (SSSR count). The lowest BCUT2D eigenvalue weighted by Gasteiger charge is -2.29. The average molecular weight is 306 g/mol. The van der Waals surface area contributed by atoms with E-state index in [1.807, 2.05) is 33.0 Å². The Morgan fingerprint density at radius 2 is 2.24 bits per heavy atom. The molecule has 0 N–H and O–H groups in total. The molecule has 0 aromatic carbocycles. The summed E-state index contributed by atoms with van der Waals surface area (Å²) in [5.41, 5.74) is 0.715. The van der Waals surface area contributed by atoms with Crippen molar-refractivity contribution < 1.29 is 9.53 Å². The maximum atomic E-state index is 12.0. The molecule has 0 aliphatic carbocycles. The van der Waals surface area contributed by atoms with E-state index in [0.29, 0.717) is 13.1 Å². The predicted molar refractivity (Wildman–Crippen MR) is 81.3 cm³/mol. The molecule has 6 nitrogen and oxygen atoms in total. The van der Waals surface area contributed by atoms with Crippen molar-refractivity contribution in [3.63, 3.8) is 0 Å². The number of amides is 1. The Labute approximate surface area is 127 Å². The first-order chi connectivity index (χ1) is 9.92. The van der Waals surface area contributed by atoms with Gasteiger partial charge in [-0.15, -0.1) is 0 Å². The summed E-state index contributed by atoms with van der Waals surface area (Å²) in [4.78, 5) is 18.8. The van der Waals surface area contributed by atoms with E-state index in [1.165, 1.54) is 5.57 Å². The molecule has 0 bridgehead atoms. The predicted octanol–water partition coefficient (Wildman–Crippen LogP) is 2.82. The van der Waals surface area contributed by atoms with Gasteiger partial charge in [-0.3, -0.25) is 0 Å². The zero-order valence-corrected chi connectivity index (χ0v) is 13.2. The second-order valence-corrected chi connectivity index (χ2v) is 6.92. The fraction of sp³-hybridized carbons (Fsp3) is 0.500. The molecule has 1 aliphatic rings. The molecule has 0 radical (unpaired) electrons. The van der Waals surface area contributed by atoms with Crippen molar-refractivity contribution >= 4 is 28.0 Å². The van der Waals surface area contributed by atoms with Gasteiger partial charge in [0.25, 0.3) is 0 Å². The highest BCUT2D eigenvalue weighted by Gasteiger charge is 2.24. The van der Waals surface area contributed by atoms with E-state index in [-0.39, 0.29) is 6.09 Å². The number of ether oxygens (including phenoxy) is 1. The molecule has 0 atom stereocenters. The van der Waals surface area contributed by atoms with Crippen LogP contribution in [0.3, 0.4) is 0 Å². The van der Waals surface area contributed by atoms with Gasteiger partial charge in [0.15, 0.2) is 0 Å². The highest BCUT2D eigenvalue weighted by molar-refractivity contribution is 7.17. The minimum Gasteiger partial charge on any atom is -0.444 e. The van der Waals surface area contributed by atoms with E-state index < -0.39 is 5.60 Å². The highest BCUT2D eigenvalue weighted by Crippen LogP contribution is 2.26. The average Bonchev–Trinajstić information content (AvgIpc) is 2.97. The molecule has 0 unspecified atom stereocenters. The van der Waals surface area contributed by atoms with Gasteiger partial charge < -0.3 is 9.64 Å². The summed E-state index contributed by atoms with van der Waals surface area (Å²) >= 11 is 1.57. The number of carbonyl (C=O) groups is 1. The largest absolute Gasteiger partial charge is 0.444 e. The molecule has 112 valence electrons. The number of imidazole rings is 1. The summed E-state index contributed by atoms with van der Waals surface area (Å²) in [6.45, 7) is 6.85. The number of fused-ring (bicyclic) bond motifs is 1. The number of hydrogen-bond donors (Lipinski definition) is 0. The van der Waals surface area contributed by atoms with Gasteiger partial charge in [-0.05, 0) is 32.8 Å². The van der Waals surface area contributed by atoms with Gasteiger partial charge in [0.1, 0.15) is 10.6 Å². The molecule has 2 aromatic heterocycles. The minimum atomic E-state index is -0.457. The van der Waals surface area contributed by atoms with Crippen LogP contribution in [0.1, 0.15) is 32.2 Å². The first-order valence-corrected chi connectivity index (χ1v) is 7.71. The monoisotopic (exact) mass is 306 g/mol. The second-order valence-electron chi connectivity index (χ2n) is 5.97. The van der Waals surface area contributed by atoms with E-state index in [0.717, 1.165) is 16.4 Å². The van der Waals surface area contributed by atoms with Crippen LogP contribution in [0.15, 0.2) is 18.5 Å². The Kier molecular flexibility index (Phi) is 3.44. The molecule has 7 heteroatoms. The molecule has 21 heavy (non-hydrogen) atoms. The maximum Gasteiger partial charge on any atom is 0.410 e. The lowest BCUT2D eigenvalue weighted by molar-refractivity contribution is 0.0270. The third kappa shape index (κ3) is 3.07. The van der Waals surface area contributed by atoms with Crippen LogP contribution in [-0.4, -0.2) is 44.3 Å². The normalized spacial score (nSPS) is 16.1. The van der Waals surface area contributed by atoms with Gasteiger partial charge >= 0.3 is 6.09 Å². The summed E-state index contributed by atoms with van der Waals surface area (Å²) in [5.74, 6) is 0. The summed E-state index contributed by atoms with van der Waals surface area (Å²) in [7, 11) is 0. The Hall–Kier alpha value is -1.89. The summed E-state index contributed by atoms with van der Waals surface area (Å²) < 4.78 is 7.16. The van der Waals surface area contributed by atoms with E-state index in [4.69, 9.17) is 4.74 Å². The zero-order valence-electron chi connectivity index (χ0n) is 12.4. The molecular formula is C14H18N4O2S. The van der Waals surface area contributed by atoms with Crippen molar-refractivity contribution in [2.75, 3.05) is 13.1 Å². The highest BCUT2D eigenvalue weighted by atomic mass is 32.1. The Morgan fingerprint density at radius 3 is 2.86 bits per heavy atom. The summed E-state index contributed by atoms with van der Waals surface area (Å²) in [5, 5.41) is 5.47. The van der Waals surface area contributed by atoms with E-state index >= 15 is 0 Å². The second kappa shape index (κ2) is 5.14. The molecule has 2 aromatic rings. The third-order valence-electron chi connectivity index (χ3n) is 3.11. The fourth-order valence-electron chi connectivity index (χ4n) is 2.12.